The number of aliphatic hydroxyl groups excluding tert-OH is 1. The zero-order chi connectivity index (χ0) is 45.2. The van der Waals surface area contributed by atoms with Crippen LogP contribution in [-0.4, -0.2) is 72.4 Å². The van der Waals surface area contributed by atoms with Gasteiger partial charge in [0.2, 0.25) is 5.91 Å². The maximum atomic E-state index is 13.3. The molecule has 2 aliphatic rings. The number of unbranched alkanes of at least 4 members (excludes halogenated alkanes) is 14. The second kappa shape index (κ2) is 24.2. The Morgan fingerprint density at radius 2 is 1.33 bits per heavy atom. The number of hydrogen-bond donors (Lipinski definition) is 3. The average molecular weight is 878 g/mol. The summed E-state index contributed by atoms with van der Waals surface area (Å²) in [5, 5.41) is 14.6. The Morgan fingerprint density at radius 3 is 1.88 bits per heavy atom. The van der Waals surface area contributed by atoms with Crippen molar-refractivity contribution in [3.8, 4) is 23.3 Å². The van der Waals surface area contributed by atoms with Gasteiger partial charge in [-0.25, -0.2) is 4.79 Å². The van der Waals surface area contributed by atoms with Crippen LogP contribution in [0.5, 0.6) is 11.5 Å². The highest BCUT2D eigenvalue weighted by atomic mass is 16.7. The highest BCUT2D eigenvalue weighted by Crippen LogP contribution is 2.48. The van der Waals surface area contributed by atoms with E-state index in [-0.39, 0.29) is 31.2 Å². The summed E-state index contributed by atoms with van der Waals surface area (Å²) < 4.78 is 31.9. The number of carbonyl (C=O) groups excluding carboxylic acids is 1. The van der Waals surface area contributed by atoms with Crippen molar-refractivity contribution in [1.82, 2.24) is 14.9 Å². The molecule has 0 spiro atoms. The van der Waals surface area contributed by atoms with Gasteiger partial charge in [0.05, 0.1) is 34.0 Å². The first-order chi connectivity index (χ1) is 31.2. The molecular weight excluding hydrogens is 811 g/mol. The smallest absolute Gasteiger partial charge is 0.330 e. The molecule has 4 atom stereocenters. The zero-order valence-electron chi connectivity index (χ0n) is 37.9. The van der Waals surface area contributed by atoms with Crippen LogP contribution in [0.2, 0.25) is 0 Å². The molecule has 3 heterocycles. The van der Waals surface area contributed by atoms with Crippen LogP contribution in [-0.2, 0) is 24.6 Å². The maximum absolute atomic E-state index is 13.3. The topological polar surface area (TPSA) is 150 Å². The van der Waals surface area contributed by atoms with Crippen molar-refractivity contribution in [2.75, 3.05) is 34.0 Å². The summed E-state index contributed by atoms with van der Waals surface area (Å²) in [6, 6.07) is 25.0. The van der Waals surface area contributed by atoms with E-state index in [1.165, 1.54) is 87.8 Å². The van der Waals surface area contributed by atoms with Gasteiger partial charge in [0.15, 0.2) is 6.23 Å². The molecule has 1 aromatic heterocycles. The molecule has 0 saturated carbocycles. The predicted octanol–water partition coefficient (Wildman–Crippen LogP) is 8.32. The van der Waals surface area contributed by atoms with Gasteiger partial charge in [0.25, 0.3) is 5.56 Å². The van der Waals surface area contributed by atoms with Crippen LogP contribution in [0.4, 0.5) is 0 Å². The number of aliphatic hydroxyl groups is 1. The first-order valence-electron chi connectivity index (χ1n) is 23.3. The number of hydrogen-bond acceptors (Lipinski definition) is 9. The van der Waals surface area contributed by atoms with Crippen molar-refractivity contribution in [3.63, 3.8) is 0 Å². The SMILES string of the molecule is CCCCCCCCCCCCCCCCCC(=O)NCC#Cc1cn([C@@H]2O[C@@]3(COC(c4ccccc4)(c4ccc(OC)cc4)c4ccc(OC)cc4)CO[C@@H]2[C@@H]3O)c(=O)[nH]c1=O. The minimum atomic E-state index is -1.38. The number of methoxy groups -OCH3 is 2. The van der Waals surface area contributed by atoms with Gasteiger partial charge in [-0.05, 0) is 47.4 Å². The van der Waals surface area contributed by atoms with E-state index in [0.717, 1.165) is 36.0 Å². The minimum absolute atomic E-state index is 0.00419. The van der Waals surface area contributed by atoms with Crippen molar-refractivity contribution in [2.45, 2.75) is 139 Å². The number of carbonyl (C=O) groups is 1. The zero-order valence-corrected chi connectivity index (χ0v) is 37.9. The Labute approximate surface area is 378 Å². The third-order valence-corrected chi connectivity index (χ3v) is 12.6. The molecule has 6 rings (SSSR count). The number of fused-ring (bicyclic) bond motifs is 2. The van der Waals surface area contributed by atoms with Crippen molar-refractivity contribution in [2.24, 2.45) is 0 Å². The highest BCUT2D eigenvalue weighted by Gasteiger charge is 2.63. The molecule has 64 heavy (non-hydrogen) atoms. The maximum Gasteiger partial charge on any atom is 0.330 e. The van der Waals surface area contributed by atoms with Gasteiger partial charge in [-0.2, -0.15) is 0 Å². The first kappa shape index (κ1) is 48.3. The van der Waals surface area contributed by atoms with Gasteiger partial charge < -0.3 is 34.1 Å². The van der Waals surface area contributed by atoms with Crippen molar-refractivity contribution in [3.05, 3.63) is 128 Å². The van der Waals surface area contributed by atoms with E-state index in [9.17, 15) is 19.5 Å². The summed E-state index contributed by atoms with van der Waals surface area (Å²) in [4.78, 5) is 41.0. The van der Waals surface area contributed by atoms with Crippen molar-refractivity contribution < 1.29 is 33.6 Å². The first-order valence-corrected chi connectivity index (χ1v) is 23.3. The molecule has 344 valence electrons. The number of amides is 1. The summed E-state index contributed by atoms with van der Waals surface area (Å²) in [5.41, 5.74) is -1.59. The quantitative estimate of drug-likeness (QED) is 0.0322. The number of rotatable bonds is 26. The molecule has 3 N–H and O–H groups in total. The van der Waals surface area contributed by atoms with Crippen LogP contribution < -0.4 is 26.0 Å². The van der Waals surface area contributed by atoms with Crippen LogP contribution in [0.1, 0.15) is 138 Å². The second-order valence-electron chi connectivity index (χ2n) is 17.1. The lowest BCUT2D eigenvalue weighted by Gasteiger charge is -2.39. The lowest BCUT2D eigenvalue weighted by molar-refractivity contribution is -0.204. The lowest BCUT2D eigenvalue weighted by Crippen LogP contribution is -2.48. The predicted molar refractivity (Wildman–Crippen MR) is 248 cm³/mol. The van der Waals surface area contributed by atoms with E-state index in [0.29, 0.717) is 17.9 Å². The number of aromatic nitrogens is 2. The second-order valence-corrected chi connectivity index (χ2v) is 17.1. The molecule has 0 radical (unpaired) electrons. The molecule has 2 bridgehead atoms. The van der Waals surface area contributed by atoms with E-state index in [1.54, 1.807) is 14.2 Å². The molecule has 4 aromatic rings. The number of ether oxygens (including phenoxy) is 5. The van der Waals surface area contributed by atoms with Crippen LogP contribution in [0.15, 0.2) is 94.6 Å². The third-order valence-electron chi connectivity index (χ3n) is 12.6. The number of aromatic amines is 1. The van der Waals surface area contributed by atoms with Gasteiger partial charge in [0, 0.05) is 12.6 Å². The van der Waals surface area contributed by atoms with Crippen LogP contribution in [0.25, 0.3) is 0 Å². The fourth-order valence-corrected chi connectivity index (χ4v) is 8.83. The van der Waals surface area contributed by atoms with Gasteiger partial charge >= 0.3 is 5.69 Å². The standard InChI is InChI=1S/C52H67N3O9/c1-4-5-6-7-8-9-10-11-12-13-14-15-16-17-21-26-45(56)53-35-22-23-39-36-55(50(59)54-48(39)58)49-46-47(57)51(64-49,37-62-46)38-63-52(40-24-19-18-20-25-40,41-27-31-43(60-2)32-28-41)42-29-33-44(61-3)34-30-42/h18-20,24-25,27-34,36,46-47,49,57H,4-17,21,26,35,37-38H2,1-3H3,(H,53,56)(H,54,58,59)/t46-,47+,49-,51-/m1/s1. The third kappa shape index (κ3) is 12.1. The number of H-pyrrole nitrogens is 1. The van der Waals surface area contributed by atoms with Gasteiger partial charge in [-0.1, -0.05) is 163 Å². The highest BCUT2D eigenvalue weighted by molar-refractivity contribution is 5.76. The average Bonchev–Trinajstić information content (AvgIpc) is 3.78. The number of nitrogens with zero attached hydrogens (tertiary/aromatic N) is 1. The normalized spacial score (nSPS) is 19.0. The fourth-order valence-electron chi connectivity index (χ4n) is 8.83. The molecule has 12 heteroatoms. The molecule has 0 aliphatic carbocycles. The number of nitrogens with one attached hydrogen (secondary N) is 2. The fraction of sp³-hybridized carbons (Fsp3) is 0.519. The summed E-state index contributed by atoms with van der Waals surface area (Å²) in [7, 11) is 3.21. The summed E-state index contributed by atoms with van der Waals surface area (Å²) in [6.45, 7) is 2.16. The summed E-state index contributed by atoms with van der Waals surface area (Å²) in [5.74, 6) is 6.89. The van der Waals surface area contributed by atoms with Crippen molar-refractivity contribution in [1.29, 1.82) is 0 Å². The summed E-state index contributed by atoms with van der Waals surface area (Å²) in [6.07, 6.45) is 17.5. The largest absolute Gasteiger partial charge is 0.497 e. The molecular formula is C52H67N3O9. The Bertz CT molecular complexity index is 2180. The lowest BCUT2D eigenvalue weighted by atomic mass is 9.79. The minimum Gasteiger partial charge on any atom is -0.497 e. The van der Waals surface area contributed by atoms with E-state index < -0.39 is 40.9 Å². The van der Waals surface area contributed by atoms with Gasteiger partial charge in [0.1, 0.15) is 40.5 Å². The Morgan fingerprint density at radius 1 is 0.797 bits per heavy atom. The monoisotopic (exact) mass is 877 g/mol. The van der Waals surface area contributed by atoms with Gasteiger partial charge in [-0.3, -0.25) is 19.1 Å². The Hall–Kier alpha value is -5.19. The molecule has 3 aromatic carbocycles. The number of benzene rings is 3. The molecule has 12 nitrogen and oxygen atoms in total. The van der Waals surface area contributed by atoms with E-state index in [4.69, 9.17) is 23.7 Å². The van der Waals surface area contributed by atoms with E-state index in [2.05, 4.69) is 29.1 Å². The van der Waals surface area contributed by atoms with Crippen LogP contribution in [0, 0.1) is 11.8 Å². The van der Waals surface area contributed by atoms with Crippen molar-refractivity contribution >= 4 is 5.91 Å². The van der Waals surface area contributed by atoms with Gasteiger partial charge in [-0.15, -0.1) is 0 Å². The van der Waals surface area contributed by atoms with E-state index in [1.807, 2.05) is 78.9 Å². The van der Waals surface area contributed by atoms with Crippen LogP contribution in [0.3, 0.4) is 0 Å². The summed E-state index contributed by atoms with van der Waals surface area (Å²) >= 11 is 0. The van der Waals surface area contributed by atoms with Crippen LogP contribution >= 0.6 is 0 Å². The Balaban J connectivity index is 1.04. The molecule has 2 fully saturated rings. The molecule has 1 amide bonds. The Kier molecular flexibility index (Phi) is 18.3. The molecule has 0 unspecified atom stereocenters. The molecule has 2 aliphatic heterocycles. The van der Waals surface area contributed by atoms with E-state index >= 15 is 0 Å². The molecule has 2 saturated heterocycles.